The number of nitrogens with one attached hydrogen (secondary N) is 2. The second kappa shape index (κ2) is 7.36. The Kier molecular flexibility index (Phi) is 4.50. The number of benzene rings is 1. The van der Waals surface area contributed by atoms with Crippen LogP contribution in [0, 0.1) is 24.7 Å². The number of anilines is 1. The van der Waals surface area contributed by atoms with Crippen molar-refractivity contribution in [2.75, 3.05) is 38.2 Å². The highest BCUT2D eigenvalue weighted by atomic mass is 16.5. The minimum Gasteiger partial charge on any atom is -0.381 e. The lowest BCUT2D eigenvalue weighted by Gasteiger charge is -2.28. The Balaban J connectivity index is 1.05. The molecule has 6 heteroatoms. The van der Waals surface area contributed by atoms with E-state index in [1.54, 1.807) is 0 Å². The van der Waals surface area contributed by atoms with Gasteiger partial charge in [-0.25, -0.2) is 0 Å². The molecule has 6 nitrogen and oxygen atoms in total. The molecule has 6 rings (SSSR count). The molecule has 3 aromatic rings. The van der Waals surface area contributed by atoms with Crippen LogP contribution in [0.4, 0.5) is 5.82 Å². The first kappa shape index (κ1) is 18.3. The highest BCUT2D eigenvalue weighted by molar-refractivity contribution is 5.85. The average Bonchev–Trinajstić information content (AvgIpc) is 3.08. The number of aromatic amines is 1. The number of H-pyrrole nitrogens is 1. The van der Waals surface area contributed by atoms with Crippen LogP contribution in [-0.4, -0.2) is 59.0 Å². The average molecular weight is 404 g/mol. The molecular weight excluding hydrogens is 374 g/mol. The summed E-state index contributed by atoms with van der Waals surface area (Å²) in [6, 6.07) is 13.3. The summed E-state index contributed by atoms with van der Waals surface area (Å²) in [6.07, 6.45) is 2.46. The molecule has 4 heterocycles. The molecule has 1 aliphatic carbocycles. The van der Waals surface area contributed by atoms with Gasteiger partial charge in [-0.3, -0.25) is 0 Å². The monoisotopic (exact) mass is 403 g/mol. The molecule has 3 atom stereocenters. The van der Waals surface area contributed by atoms with Gasteiger partial charge in [0, 0.05) is 61.1 Å². The summed E-state index contributed by atoms with van der Waals surface area (Å²) >= 11 is 0. The molecule has 2 aromatic heterocycles. The van der Waals surface area contributed by atoms with Crippen molar-refractivity contribution in [3.05, 3.63) is 42.1 Å². The smallest absolute Gasteiger partial charge is 0.148 e. The molecule has 1 saturated carbocycles. The van der Waals surface area contributed by atoms with E-state index in [-0.39, 0.29) is 0 Å². The normalized spacial score (nSPS) is 26.8. The van der Waals surface area contributed by atoms with Crippen LogP contribution in [0.1, 0.15) is 18.5 Å². The van der Waals surface area contributed by atoms with E-state index in [1.165, 1.54) is 43.6 Å². The van der Waals surface area contributed by atoms with Crippen LogP contribution in [0.25, 0.3) is 22.2 Å². The van der Waals surface area contributed by atoms with Crippen LogP contribution in [0.5, 0.6) is 0 Å². The number of ether oxygens (including phenoxy) is 1. The number of hydrogen-bond donors (Lipinski definition) is 2. The summed E-state index contributed by atoms with van der Waals surface area (Å²) in [5.41, 5.74) is 4.36. The van der Waals surface area contributed by atoms with Crippen LogP contribution < -0.4 is 5.32 Å². The molecule has 0 radical (unpaired) electrons. The van der Waals surface area contributed by atoms with Gasteiger partial charge in [0.15, 0.2) is 0 Å². The van der Waals surface area contributed by atoms with E-state index >= 15 is 0 Å². The number of piperidine rings is 1. The maximum Gasteiger partial charge on any atom is 0.148 e. The maximum absolute atomic E-state index is 5.49. The van der Waals surface area contributed by atoms with Crippen LogP contribution >= 0.6 is 0 Å². The van der Waals surface area contributed by atoms with Gasteiger partial charge in [-0.05, 0) is 67.9 Å². The van der Waals surface area contributed by atoms with Crippen LogP contribution in [-0.2, 0) is 4.74 Å². The van der Waals surface area contributed by atoms with Crippen molar-refractivity contribution < 1.29 is 4.74 Å². The first-order valence-electron chi connectivity index (χ1n) is 11.2. The topological polar surface area (TPSA) is 66.1 Å². The fourth-order valence-corrected chi connectivity index (χ4v) is 5.44. The zero-order valence-electron chi connectivity index (χ0n) is 17.5. The van der Waals surface area contributed by atoms with Crippen molar-refractivity contribution >= 4 is 16.7 Å². The fourth-order valence-electron chi connectivity index (χ4n) is 5.44. The third-order valence-electron chi connectivity index (χ3n) is 7.16. The molecule has 2 aliphatic heterocycles. The zero-order valence-corrected chi connectivity index (χ0v) is 17.5. The Morgan fingerprint density at radius 1 is 1.07 bits per heavy atom. The minimum absolute atomic E-state index is 0.565. The fraction of sp³-hybridized carbons (Fsp3) is 0.500. The predicted octanol–water partition coefficient (Wildman–Crippen LogP) is 3.70. The predicted molar refractivity (Wildman–Crippen MR) is 118 cm³/mol. The van der Waals surface area contributed by atoms with Crippen molar-refractivity contribution in [1.82, 2.24) is 20.1 Å². The summed E-state index contributed by atoms with van der Waals surface area (Å²) in [5, 5.41) is 13.8. The standard InChI is InChI=1S/C24H29N5O/c1-15-10-18-11-17(2-3-21(18)25-15)22-4-5-23(28-27-22)26-24-19-13-29(14-20(19)24)12-16-6-8-30-9-7-16/h2-5,10-11,16,19-20,24-25H,6-9,12-14H2,1H3,(H,26,28)/t19-,20+,24?. The summed E-state index contributed by atoms with van der Waals surface area (Å²) in [4.78, 5) is 6.03. The van der Waals surface area contributed by atoms with Gasteiger partial charge in [0.25, 0.3) is 0 Å². The number of likely N-dealkylation sites (tertiary alicyclic amines) is 1. The van der Waals surface area contributed by atoms with E-state index in [0.29, 0.717) is 6.04 Å². The van der Waals surface area contributed by atoms with Gasteiger partial charge in [-0.15, -0.1) is 10.2 Å². The second-order valence-electron chi connectivity index (χ2n) is 9.33. The van der Waals surface area contributed by atoms with Gasteiger partial charge in [0.1, 0.15) is 5.82 Å². The van der Waals surface area contributed by atoms with Gasteiger partial charge in [-0.1, -0.05) is 6.07 Å². The van der Waals surface area contributed by atoms with Crippen LogP contribution in [0.15, 0.2) is 36.4 Å². The molecule has 156 valence electrons. The second-order valence-corrected chi connectivity index (χ2v) is 9.33. The molecule has 0 spiro atoms. The van der Waals surface area contributed by atoms with Crippen LogP contribution in [0.2, 0.25) is 0 Å². The summed E-state index contributed by atoms with van der Waals surface area (Å²) in [7, 11) is 0. The Hall–Kier alpha value is -2.44. The molecule has 2 saturated heterocycles. The Morgan fingerprint density at radius 3 is 2.67 bits per heavy atom. The summed E-state index contributed by atoms with van der Waals surface area (Å²) < 4.78 is 5.49. The van der Waals surface area contributed by atoms with E-state index in [0.717, 1.165) is 53.6 Å². The van der Waals surface area contributed by atoms with Gasteiger partial charge in [0.2, 0.25) is 0 Å². The molecule has 0 bridgehead atoms. The lowest BCUT2D eigenvalue weighted by Crippen LogP contribution is -2.34. The van der Waals surface area contributed by atoms with Crippen molar-refractivity contribution in [3.63, 3.8) is 0 Å². The maximum atomic E-state index is 5.49. The molecule has 3 fully saturated rings. The number of nitrogens with zero attached hydrogens (tertiary/aromatic N) is 3. The Morgan fingerprint density at radius 2 is 1.90 bits per heavy atom. The molecule has 2 N–H and O–H groups in total. The molecule has 30 heavy (non-hydrogen) atoms. The van der Waals surface area contributed by atoms with Gasteiger partial charge < -0.3 is 19.9 Å². The number of aryl methyl sites for hydroxylation is 1. The van der Waals surface area contributed by atoms with E-state index in [1.807, 2.05) is 0 Å². The summed E-state index contributed by atoms with van der Waals surface area (Å²) in [6.45, 7) is 7.67. The number of aromatic nitrogens is 3. The van der Waals surface area contributed by atoms with E-state index in [9.17, 15) is 0 Å². The third kappa shape index (κ3) is 3.48. The van der Waals surface area contributed by atoms with Crippen LogP contribution in [0.3, 0.4) is 0 Å². The quantitative estimate of drug-likeness (QED) is 0.680. The minimum atomic E-state index is 0.565. The highest BCUT2D eigenvalue weighted by Gasteiger charge is 2.55. The molecular formula is C24H29N5O. The van der Waals surface area contributed by atoms with E-state index < -0.39 is 0 Å². The first-order chi connectivity index (χ1) is 14.7. The number of rotatable bonds is 5. The van der Waals surface area contributed by atoms with Crippen molar-refractivity contribution in [3.8, 4) is 11.3 Å². The molecule has 0 amide bonds. The van der Waals surface area contributed by atoms with Gasteiger partial charge in [-0.2, -0.15) is 0 Å². The first-order valence-corrected chi connectivity index (χ1v) is 11.2. The van der Waals surface area contributed by atoms with Gasteiger partial charge >= 0.3 is 0 Å². The van der Waals surface area contributed by atoms with Gasteiger partial charge in [0.05, 0.1) is 5.69 Å². The summed E-state index contributed by atoms with van der Waals surface area (Å²) in [5.74, 6) is 3.26. The Bertz CT molecular complexity index is 1030. The highest BCUT2D eigenvalue weighted by Crippen LogP contribution is 2.47. The lowest BCUT2D eigenvalue weighted by atomic mass is 10.00. The molecule has 1 aromatic carbocycles. The molecule has 1 unspecified atom stereocenters. The van der Waals surface area contributed by atoms with Crippen molar-refractivity contribution in [1.29, 1.82) is 0 Å². The Labute approximate surface area is 177 Å². The van der Waals surface area contributed by atoms with Crippen molar-refractivity contribution in [2.24, 2.45) is 17.8 Å². The largest absolute Gasteiger partial charge is 0.381 e. The number of hydrogen-bond acceptors (Lipinski definition) is 5. The third-order valence-corrected chi connectivity index (χ3v) is 7.16. The van der Waals surface area contributed by atoms with Crippen molar-refractivity contribution in [2.45, 2.75) is 25.8 Å². The SMILES string of the molecule is Cc1cc2cc(-c3ccc(NC4[C@H]5CN(CC6CCOCC6)C[C@@H]45)nn3)ccc2[nH]1. The number of fused-ring (bicyclic) bond motifs is 2. The zero-order chi connectivity index (χ0) is 20.1. The van der Waals surface area contributed by atoms with E-state index in [4.69, 9.17) is 4.74 Å². The van der Waals surface area contributed by atoms with E-state index in [2.05, 4.69) is 68.7 Å². The molecule has 3 aliphatic rings. The lowest BCUT2D eigenvalue weighted by molar-refractivity contribution is 0.0540.